The van der Waals surface area contributed by atoms with Crippen LogP contribution in [0.3, 0.4) is 0 Å². The molecule has 0 spiro atoms. The Hall–Kier alpha value is -1.88. The maximum Gasteiger partial charge on any atom is 0.320 e. The second kappa shape index (κ2) is 4.10. The Balaban J connectivity index is 1.97. The number of hydrogen-bond acceptors (Lipinski definition) is 3. The van der Waals surface area contributed by atoms with Crippen LogP contribution in [0.2, 0.25) is 0 Å². The Bertz CT molecular complexity index is 618. The second-order valence-corrected chi connectivity index (χ2v) is 4.76. The number of benzene rings is 1. The Morgan fingerprint density at radius 2 is 2.39 bits per heavy atom. The molecule has 0 amide bonds. The van der Waals surface area contributed by atoms with Gasteiger partial charge < -0.3 is 15.4 Å². The topological polar surface area (TPSA) is 81.1 Å². The Morgan fingerprint density at radius 3 is 3.17 bits per heavy atom. The van der Waals surface area contributed by atoms with Gasteiger partial charge in [-0.3, -0.25) is 4.79 Å². The van der Waals surface area contributed by atoms with Crippen molar-refractivity contribution >= 4 is 17.0 Å². The number of fused-ring (bicyclic) bond motifs is 3. The first-order chi connectivity index (χ1) is 8.65. The molecule has 0 bridgehead atoms. The van der Waals surface area contributed by atoms with E-state index in [2.05, 4.69) is 9.55 Å². The van der Waals surface area contributed by atoms with Gasteiger partial charge in [-0.2, -0.15) is 0 Å². The van der Waals surface area contributed by atoms with Crippen LogP contribution in [0.15, 0.2) is 18.2 Å². The van der Waals surface area contributed by atoms with E-state index < -0.39 is 12.0 Å². The van der Waals surface area contributed by atoms with Gasteiger partial charge in [0, 0.05) is 13.0 Å². The van der Waals surface area contributed by atoms with Gasteiger partial charge in [0.15, 0.2) is 0 Å². The van der Waals surface area contributed by atoms with Gasteiger partial charge in [0.25, 0.3) is 0 Å². The molecule has 0 saturated carbocycles. The first kappa shape index (κ1) is 11.2. The van der Waals surface area contributed by atoms with Crippen molar-refractivity contribution in [1.82, 2.24) is 9.55 Å². The fourth-order valence-corrected chi connectivity index (χ4v) is 2.52. The van der Waals surface area contributed by atoms with Crippen molar-refractivity contribution in [1.29, 1.82) is 0 Å². The lowest BCUT2D eigenvalue weighted by Crippen LogP contribution is -2.32. The molecule has 0 radical (unpaired) electrons. The fourth-order valence-electron chi connectivity index (χ4n) is 2.52. The number of carboxylic acid groups (broad SMARTS) is 1. The highest BCUT2D eigenvalue weighted by atomic mass is 16.4. The molecule has 5 heteroatoms. The van der Waals surface area contributed by atoms with Gasteiger partial charge in [-0.25, -0.2) is 4.98 Å². The molecule has 2 aromatic rings. The molecule has 18 heavy (non-hydrogen) atoms. The molecule has 1 aromatic heterocycles. The van der Waals surface area contributed by atoms with Crippen LogP contribution in [0.4, 0.5) is 0 Å². The first-order valence-corrected chi connectivity index (χ1v) is 6.11. The van der Waals surface area contributed by atoms with Gasteiger partial charge in [0.2, 0.25) is 0 Å². The van der Waals surface area contributed by atoms with Gasteiger partial charge in [-0.1, -0.05) is 6.07 Å². The normalized spacial score (nSPS) is 15.8. The zero-order valence-corrected chi connectivity index (χ0v) is 9.97. The average Bonchev–Trinajstić information content (AvgIpc) is 2.89. The summed E-state index contributed by atoms with van der Waals surface area (Å²) in [5.74, 6) is 0.165. The number of rotatable bonds is 3. The third-order valence-electron chi connectivity index (χ3n) is 3.45. The molecular formula is C13H15N3O2. The molecule has 1 aliphatic heterocycles. The molecule has 1 unspecified atom stereocenters. The van der Waals surface area contributed by atoms with Crippen molar-refractivity contribution < 1.29 is 9.90 Å². The fraction of sp³-hybridized carbons (Fsp3) is 0.385. The summed E-state index contributed by atoms with van der Waals surface area (Å²) in [4.78, 5) is 15.3. The van der Waals surface area contributed by atoms with Crippen molar-refractivity contribution in [3.05, 3.63) is 29.6 Å². The number of nitrogens with two attached hydrogens (primary N) is 1. The first-order valence-electron chi connectivity index (χ1n) is 6.11. The Kier molecular flexibility index (Phi) is 2.56. The van der Waals surface area contributed by atoms with Crippen LogP contribution in [0, 0.1) is 0 Å². The predicted molar refractivity (Wildman–Crippen MR) is 67.4 cm³/mol. The Morgan fingerprint density at radius 1 is 1.56 bits per heavy atom. The quantitative estimate of drug-likeness (QED) is 0.843. The summed E-state index contributed by atoms with van der Waals surface area (Å²) in [7, 11) is 0. The van der Waals surface area contributed by atoms with Crippen LogP contribution in [0.5, 0.6) is 0 Å². The minimum absolute atomic E-state index is 0.353. The number of aryl methyl sites for hydroxylation is 2. The molecular weight excluding hydrogens is 230 g/mol. The van der Waals surface area contributed by atoms with Gasteiger partial charge in [0.05, 0.1) is 11.0 Å². The van der Waals surface area contributed by atoms with Crippen molar-refractivity contribution in [3.63, 3.8) is 0 Å². The van der Waals surface area contributed by atoms with E-state index >= 15 is 0 Å². The van der Waals surface area contributed by atoms with Gasteiger partial charge in [0.1, 0.15) is 11.9 Å². The number of aromatic nitrogens is 2. The number of hydrogen-bond donors (Lipinski definition) is 2. The SMILES string of the molecule is NC(Cc1ccc2nc3n(c2c1)CCC3)C(=O)O. The summed E-state index contributed by atoms with van der Waals surface area (Å²) in [5.41, 5.74) is 8.59. The standard InChI is InChI=1S/C13H15N3O2/c14-9(13(17)18)6-8-3-4-10-11(7-8)16-5-1-2-12(16)15-10/h3-4,7,9H,1-2,5-6,14H2,(H,17,18). The number of nitrogens with zero attached hydrogens (tertiary/aromatic N) is 2. The van der Waals surface area contributed by atoms with Gasteiger partial charge in [-0.15, -0.1) is 0 Å². The van der Waals surface area contributed by atoms with E-state index in [4.69, 9.17) is 10.8 Å². The number of imidazole rings is 1. The largest absolute Gasteiger partial charge is 0.480 e. The lowest BCUT2D eigenvalue weighted by molar-refractivity contribution is -0.138. The van der Waals surface area contributed by atoms with Crippen molar-refractivity contribution in [2.75, 3.05) is 0 Å². The molecule has 94 valence electrons. The van der Waals surface area contributed by atoms with Crippen LogP contribution in [0.1, 0.15) is 17.8 Å². The van der Waals surface area contributed by atoms with Crippen LogP contribution in [-0.2, 0) is 24.2 Å². The van der Waals surface area contributed by atoms with E-state index in [1.165, 1.54) is 0 Å². The summed E-state index contributed by atoms with van der Waals surface area (Å²) >= 11 is 0. The lowest BCUT2D eigenvalue weighted by atomic mass is 10.1. The van der Waals surface area contributed by atoms with Crippen molar-refractivity contribution in [2.24, 2.45) is 5.73 Å². The van der Waals surface area contributed by atoms with Crippen LogP contribution in [-0.4, -0.2) is 26.7 Å². The predicted octanol–water partition coefficient (Wildman–Crippen LogP) is 0.937. The molecule has 1 atom stereocenters. The van der Waals surface area contributed by atoms with Crippen LogP contribution in [0.25, 0.3) is 11.0 Å². The van der Waals surface area contributed by atoms with Crippen LogP contribution < -0.4 is 5.73 Å². The molecule has 2 heterocycles. The molecule has 0 aliphatic carbocycles. The lowest BCUT2D eigenvalue weighted by Gasteiger charge is -2.07. The van der Waals surface area contributed by atoms with Gasteiger partial charge >= 0.3 is 5.97 Å². The van der Waals surface area contributed by atoms with Gasteiger partial charge in [-0.05, 0) is 30.5 Å². The third-order valence-corrected chi connectivity index (χ3v) is 3.45. The maximum absolute atomic E-state index is 10.8. The third kappa shape index (κ3) is 1.76. The smallest absolute Gasteiger partial charge is 0.320 e. The highest BCUT2D eigenvalue weighted by Crippen LogP contribution is 2.23. The van der Waals surface area contributed by atoms with E-state index in [0.29, 0.717) is 6.42 Å². The molecule has 3 N–H and O–H groups in total. The van der Waals surface area contributed by atoms with Crippen LogP contribution >= 0.6 is 0 Å². The Labute approximate surface area is 104 Å². The maximum atomic E-state index is 10.8. The summed E-state index contributed by atoms with van der Waals surface area (Å²) in [5, 5.41) is 8.83. The molecule has 5 nitrogen and oxygen atoms in total. The highest BCUT2D eigenvalue weighted by molar-refractivity contribution is 5.78. The number of aliphatic carboxylic acids is 1. The summed E-state index contributed by atoms with van der Waals surface area (Å²) in [6.07, 6.45) is 2.52. The summed E-state index contributed by atoms with van der Waals surface area (Å²) < 4.78 is 2.21. The second-order valence-electron chi connectivity index (χ2n) is 4.76. The molecule has 3 rings (SSSR count). The van der Waals surface area contributed by atoms with E-state index in [9.17, 15) is 4.79 Å². The van der Waals surface area contributed by atoms with Crippen molar-refractivity contribution in [2.45, 2.75) is 31.8 Å². The number of carboxylic acids is 1. The minimum Gasteiger partial charge on any atom is -0.480 e. The van der Waals surface area contributed by atoms with E-state index in [-0.39, 0.29) is 0 Å². The molecule has 0 fully saturated rings. The minimum atomic E-state index is -0.964. The average molecular weight is 245 g/mol. The molecule has 1 aliphatic rings. The van der Waals surface area contributed by atoms with E-state index in [1.54, 1.807) is 0 Å². The monoisotopic (exact) mass is 245 g/mol. The zero-order chi connectivity index (χ0) is 12.7. The van der Waals surface area contributed by atoms with E-state index in [0.717, 1.165) is 41.8 Å². The zero-order valence-electron chi connectivity index (χ0n) is 9.97. The van der Waals surface area contributed by atoms with E-state index in [1.807, 2.05) is 18.2 Å². The number of carbonyl (C=O) groups is 1. The summed E-state index contributed by atoms with van der Waals surface area (Å²) in [6.45, 7) is 1.00. The summed E-state index contributed by atoms with van der Waals surface area (Å²) in [6, 6.07) is 5.03. The highest BCUT2D eigenvalue weighted by Gasteiger charge is 2.17. The molecule has 0 saturated heterocycles. The van der Waals surface area contributed by atoms with Crippen molar-refractivity contribution in [3.8, 4) is 0 Å². The molecule has 1 aromatic carbocycles.